The molecule has 0 radical (unpaired) electrons. The third-order valence-corrected chi connectivity index (χ3v) is 0.720. The Balaban J connectivity index is 3.20. The van der Waals surface area contributed by atoms with Gasteiger partial charge >= 0.3 is 5.97 Å². The molecule has 4 heteroatoms. The van der Waals surface area contributed by atoms with E-state index in [1.54, 1.807) is 0 Å². The molecule has 0 heterocycles. The van der Waals surface area contributed by atoms with Gasteiger partial charge in [0, 0.05) is 0 Å². The Labute approximate surface area is 58.1 Å². The fraction of sp³-hybridized carbons (Fsp3) is 0.333. The molecule has 0 bridgehead atoms. The molecule has 0 aromatic heterocycles. The topological polar surface area (TPSA) is 63.6 Å². The van der Waals surface area contributed by atoms with Crippen LogP contribution in [0, 0.1) is 0 Å². The van der Waals surface area contributed by atoms with Crippen LogP contribution in [0.5, 0.6) is 0 Å². The molecule has 10 heavy (non-hydrogen) atoms. The molecule has 0 amide bonds. The van der Waals surface area contributed by atoms with Gasteiger partial charge in [0.05, 0.1) is 6.42 Å². The number of ether oxygens (including phenoxy) is 1. The van der Waals surface area contributed by atoms with Gasteiger partial charge < -0.3 is 9.84 Å². The van der Waals surface area contributed by atoms with Crippen LogP contribution >= 0.6 is 0 Å². The quantitative estimate of drug-likeness (QED) is 0.340. The van der Waals surface area contributed by atoms with E-state index in [2.05, 4.69) is 4.74 Å². The predicted octanol–water partition coefficient (Wildman–Crippen LogP) is 0.190. The molecule has 0 unspecified atom stereocenters. The minimum absolute atomic E-state index is 0.0395. The first-order valence-corrected chi connectivity index (χ1v) is 2.69. The molecule has 0 spiro atoms. The molecule has 0 atom stereocenters. The minimum atomic E-state index is -0.901. The molecule has 0 fully saturated rings. The highest BCUT2D eigenvalue weighted by molar-refractivity contribution is 5.68. The van der Waals surface area contributed by atoms with Crippen LogP contribution in [0.1, 0.15) is 6.42 Å². The normalized spacial score (nSPS) is 9.60. The van der Waals surface area contributed by atoms with Crippen molar-refractivity contribution < 1.29 is 19.4 Å². The van der Waals surface area contributed by atoms with Gasteiger partial charge in [0.25, 0.3) is 6.47 Å². The first-order chi connectivity index (χ1) is 4.77. The second-order valence-electron chi connectivity index (χ2n) is 1.50. The van der Waals surface area contributed by atoms with Crippen LogP contribution in [0.25, 0.3) is 0 Å². The lowest BCUT2D eigenvalue weighted by molar-refractivity contribution is -0.136. The number of carboxylic acid groups (broad SMARTS) is 1. The van der Waals surface area contributed by atoms with Crippen LogP contribution in [0.3, 0.4) is 0 Å². The summed E-state index contributed by atoms with van der Waals surface area (Å²) in [6, 6.07) is 0. The molecule has 1 N–H and O–H groups in total. The van der Waals surface area contributed by atoms with Crippen molar-refractivity contribution in [2.24, 2.45) is 0 Å². The molecule has 0 rings (SSSR count). The molecule has 0 aliphatic rings. The van der Waals surface area contributed by atoms with Gasteiger partial charge in [0.2, 0.25) is 0 Å². The Morgan fingerprint density at radius 3 is 2.70 bits per heavy atom. The van der Waals surface area contributed by atoms with Crippen LogP contribution in [-0.2, 0) is 14.3 Å². The van der Waals surface area contributed by atoms with Crippen molar-refractivity contribution in [1.29, 1.82) is 0 Å². The minimum Gasteiger partial charge on any atom is -0.481 e. The monoisotopic (exact) mass is 144 g/mol. The van der Waals surface area contributed by atoms with E-state index >= 15 is 0 Å². The summed E-state index contributed by atoms with van der Waals surface area (Å²) in [5.41, 5.74) is 0. The van der Waals surface area contributed by atoms with Crippen molar-refractivity contribution in [1.82, 2.24) is 0 Å². The second-order valence-corrected chi connectivity index (χ2v) is 1.50. The summed E-state index contributed by atoms with van der Waals surface area (Å²) in [7, 11) is 0. The fourth-order valence-electron chi connectivity index (χ4n) is 0.347. The van der Waals surface area contributed by atoms with Gasteiger partial charge in [0.15, 0.2) is 0 Å². The third kappa shape index (κ3) is 6.68. The van der Waals surface area contributed by atoms with Gasteiger partial charge in [-0.1, -0.05) is 12.2 Å². The fourth-order valence-corrected chi connectivity index (χ4v) is 0.347. The van der Waals surface area contributed by atoms with Crippen LogP contribution in [0.4, 0.5) is 0 Å². The zero-order chi connectivity index (χ0) is 7.82. The molecule has 0 aromatic rings. The van der Waals surface area contributed by atoms with E-state index < -0.39 is 5.97 Å². The number of carbonyl (C=O) groups excluding carboxylic acids is 1. The van der Waals surface area contributed by atoms with Crippen molar-refractivity contribution in [3.8, 4) is 0 Å². The maximum Gasteiger partial charge on any atom is 0.307 e. The van der Waals surface area contributed by atoms with Gasteiger partial charge in [-0.2, -0.15) is 0 Å². The number of rotatable bonds is 5. The smallest absolute Gasteiger partial charge is 0.307 e. The van der Waals surface area contributed by atoms with E-state index in [-0.39, 0.29) is 13.0 Å². The van der Waals surface area contributed by atoms with Gasteiger partial charge in [-0.15, -0.1) is 0 Å². The molecule has 56 valence electrons. The van der Waals surface area contributed by atoms with Gasteiger partial charge in [-0.05, 0) is 0 Å². The summed E-state index contributed by atoms with van der Waals surface area (Å²) in [6.07, 6.45) is 2.86. The molecule has 0 aliphatic carbocycles. The lowest BCUT2D eigenvalue weighted by Gasteiger charge is -1.87. The third-order valence-electron chi connectivity index (χ3n) is 0.720. The highest BCUT2D eigenvalue weighted by Gasteiger charge is 1.87. The lowest BCUT2D eigenvalue weighted by atomic mass is 10.4. The Hall–Kier alpha value is -1.32. The first-order valence-electron chi connectivity index (χ1n) is 2.69. The van der Waals surface area contributed by atoms with Gasteiger partial charge in [0.1, 0.15) is 6.61 Å². The van der Waals surface area contributed by atoms with E-state index in [0.717, 1.165) is 0 Å². The van der Waals surface area contributed by atoms with Crippen molar-refractivity contribution in [2.45, 2.75) is 6.42 Å². The number of carbonyl (C=O) groups is 2. The molecule has 0 aliphatic heterocycles. The van der Waals surface area contributed by atoms with E-state index in [9.17, 15) is 9.59 Å². The number of carboxylic acids is 1. The zero-order valence-electron chi connectivity index (χ0n) is 5.32. The maximum absolute atomic E-state index is 9.87. The average Bonchev–Trinajstić information content (AvgIpc) is 1.87. The van der Waals surface area contributed by atoms with Crippen molar-refractivity contribution >= 4 is 12.4 Å². The Bertz CT molecular complexity index is 139. The largest absolute Gasteiger partial charge is 0.481 e. The van der Waals surface area contributed by atoms with E-state index in [0.29, 0.717) is 6.47 Å². The molecular weight excluding hydrogens is 136 g/mol. The van der Waals surface area contributed by atoms with Crippen LogP contribution in [-0.4, -0.2) is 24.2 Å². The average molecular weight is 144 g/mol. The van der Waals surface area contributed by atoms with Crippen molar-refractivity contribution in [3.63, 3.8) is 0 Å². The van der Waals surface area contributed by atoms with Crippen molar-refractivity contribution in [3.05, 3.63) is 12.2 Å². The SMILES string of the molecule is O=COC/C=C/CC(=O)O. The van der Waals surface area contributed by atoms with E-state index in [4.69, 9.17) is 5.11 Å². The van der Waals surface area contributed by atoms with E-state index in [1.807, 2.05) is 0 Å². The summed E-state index contributed by atoms with van der Waals surface area (Å²) in [5, 5.41) is 8.11. The molecule has 0 saturated heterocycles. The molecule has 0 aromatic carbocycles. The summed E-state index contributed by atoms with van der Waals surface area (Å²) < 4.78 is 4.26. The van der Waals surface area contributed by atoms with Crippen LogP contribution < -0.4 is 0 Å². The van der Waals surface area contributed by atoms with Crippen molar-refractivity contribution in [2.75, 3.05) is 6.61 Å². The molecule has 4 nitrogen and oxygen atoms in total. The molecule has 0 saturated carbocycles. The standard InChI is InChI=1S/C6H8O4/c7-5-10-4-2-1-3-6(8)9/h1-2,5H,3-4H2,(H,8,9)/b2-1+. The number of aliphatic carboxylic acids is 1. The summed E-state index contributed by atoms with van der Waals surface area (Å²) >= 11 is 0. The zero-order valence-corrected chi connectivity index (χ0v) is 5.32. The summed E-state index contributed by atoms with van der Waals surface area (Å²) in [5.74, 6) is -0.901. The molecular formula is C6H8O4. The van der Waals surface area contributed by atoms with Crippen LogP contribution in [0.15, 0.2) is 12.2 Å². The summed E-state index contributed by atoms with van der Waals surface area (Å²) in [4.78, 5) is 19.4. The predicted molar refractivity (Wildman–Crippen MR) is 33.4 cm³/mol. The maximum atomic E-state index is 9.87. The Morgan fingerprint density at radius 2 is 2.20 bits per heavy atom. The van der Waals surface area contributed by atoms with Crippen LogP contribution in [0.2, 0.25) is 0 Å². The Kier molecular flexibility index (Phi) is 5.04. The highest BCUT2D eigenvalue weighted by atomic mass is 16.5. The number of hydrogen-bond acceptors (Lipinski definition) is 3. The van der Waals surface area contributed by atoms with Gasteiger partial charge in [-0.3, -0.25) is 9.59 Å². The lowest BCUT2D eigenvalue weighted by Crippen LogP contribution is -1.91. The van der Waals surface area contributed by atoms with Gasteiger partial charge in [-0.25, -0.2) is 0 Å². The first kappa shape index (κ1) is 8.68. The summed E-state index contributed by atoms with van der Waals surface area (Å²) in [6.45, 7) is 0.446. The second kappa shape index (κ2) is 5.81. The van der Waals surface area contributed by atoms with E-state index in [1.165, 1.54) is 12.2 Å². The Morgan fingerprint density at radius 1 is 1.50 bits per heavy atom. The highest BCUT2D eigenvalue weighted by Crippen LogP contribution is 1.81. The number of hydrogen-bond donors (Lipinski definition) is 1.